The van der Waals surface area contributed by atoms with E-state index in [0.29, 0.717) is 24.0 Å². The maximum absolute atomic E-state index is 8.87. The van der Waals surface area contributed by atoms with Crippen molar-refractivity contribution in [2.45, 2.75) is 12.8 Å². The third-order valence-electron chi connectivity index (χ3n) is 3.89. The summed E-state index contributed by atoms with van der Waals surface area (Å²) in [6.07, 6.45) is 7.22. The number of nitriles is 1. The lowest BCUT2D eigenvalue weighted by Crippen LogP contribution is -2.37. The van der Waals surface area contributed by atoms with Crippen molar-refractivity contribution in [3.63, 3.8) is 0 Å². The largest absolute Gasteiger partial charge is 0.476 e. The van der Waals surface area contributed by atoms with E-state index in [0.717, 1.165) is 25.9 Å². The first-order valence-corrected chi connectivity index (χ1v) is 7.49. The standard InChI is InChI=1S/C17H18N4O/c18-10-14-3-5-16(6-4-14)21-9-1-2-15(12-21)13-22-17-11-19-7-8-20-17/h3-8,11,15H,1-2,9,12-13H2. The maximum Gasteiger partial charge on any atom is 0.232 e. The van der Waals surface area contributed by atoms with Crippen LogP contribution in [0.5, 0.6) is 5.88 Å². The predicted octanol–water partition coefficient (Wildman–Crippen LogP) is 2.64. The second-order valence-electron chi connectivity index (χ2n) is 5.47. The van der Waals surface area contributed by atoms with Crippen LogP contribution in [-0.4, -0.2) is 29.7 Å². The van der Waals surface area contributed by atoms with Crippen LogP contribution in [0, 0.1) is 17.2 Å². The van der Waals surface area contributed by atoms with Crippen LogP contribution in [0.15, 0.2) is 42.9 Å². The van der Waals surface area contributed by atoms with Crippen molar-refractivity contribution < 1.29 is 4.74 Å². The van der Waals surface area contributed by atoms with Crippen LogP contribution >= 0.6 is 0 Å². The minimum absolute atomic E-state index is 0.478. The van der Waals surface area contributed by atoms with Crippen molar-refractivity contribution in [3.8, 4) is 11.9 Å². The van der Waals surface area contributed by atoms with Gasteiger partial charge in [0, 0.05) is 37.1 Å². The Labute approximate surface area is 130 Å². The normalized spacial score (nSPS) is 17.8. The number of nitrogens with zero attached hydrogens (tertiary/aromatic N) is 4. The molecular formula is C17H18N4O. The fraction of sp³-hybridized carbons (Fsp3) is 0.353. The van der Waals surface area contributed by atoms with Gasteiger partial charge in [-0.3, -0.25) is 4.98 Å². The number of ether oxygens (including phenoxy) is 1. The lowest BCUT2D eigenvalue weighted by atomic mass is 9.98. The Balaban J connectivity index is 1.58. The summed E-state index contributed by atoms with van der Waals surface area (Å²) in [4.78, 5) is 10.5. The number of aromatic nitrogens is 2. The molecule has 1 unspecified atom stereocenters. The van der Waals surface area contributed by atoms with Crippen molar-refractivity contribution in [1.29, 1.82) is 5.26 Å². The highest BCUT2D eigenvalue weighted by Crippen LogP contribution is 2.24. The van der Waals surface area contributed by atoms with Crippen molar-refractivity contribution in [1.82, 2.24) is 9.97 Å². The smallest absolute Gasteiger partial charge is 0.232 e. The molecule has 0 radical (unpaired) electrons. The van der Waals surface area contributed by atoms with Gasteiger partial charge in [0.2, 0.25) is 5.88 Å². The van der Waals surface area contributed by atoms with E-state index in [9.17, 15) is 0 Å². The predicted molar refractivity (Wildman–Crippen MR) is 83.6 cm³/mol. The highest BCUT2D eigenvalue weighted by atomic mass is 16.5. The third-order valence-corrected chi connectivity index (χ3v) is 3.89. The van der Waals surface area contributed by atoms with Gasteiger partial charge in [-0.05, 0) is 37.1 Å². The molecule has 1 fully saturated rings. The first-order valence-electron chi connectivity index (χ1n) is 7.49. The Kier molecular flexibility index (Phi) is 4.50. The van der Waals surface area contributed by atoms with Gasteiger partial charge in [0.1, 0.15) is 0 Å². The molecule has 0 aliphatic carbocycles. The van der Waals surface area contributed by atoms with Crippen LogP contribution < -0.4 is 9.64 Å². The van der Waals surface area contributed by atoms with Gasteiger partial charge in [-0.25, -0.2) is 4.98 Å². The summed E-state index contributed by atoms with van der Waals surface area (Å²) in [5.41, 5.74) is 1.87. The van der Waals surface area contributed by atoms with Crippen molar-refractivity contribution in [3.05, 3.63) is 48.4 Å². The first-order chi connectivity index (χ1) is 10.8. The van der Waals surface area contributed by atoms with Gasteiger partial charge >= 0.3 is 0 Å². The summed E-state index contributed by atoms with van der Waals surface area (Å²) in [6.45, 7) is 2.67. The summed E-state index contributed by atoms with van der Waals surface area (Å²) in [6, 6.07) is 9.93. The van der Waals surface area contributed by atoms with Gasteiger partial charge in [0.05, 0.1) is 24.4 Å². The first kappa shape index (κ1) is 14.3. The van der Waals surface area contributed by atoms with Crippen LogP contribution in [-0.2, 0) is 0 Å². The fourth-order valence-electron chi connectivity index (χ4n) is 2.75. The number of hydrogen-bond donors (Lipinski definition) is 0. The van der Waals surface area contributed by atoms with Crippen LogP contribution in [0.25, 0.3) is 0 Å². The molecule has 0 saturated carbocycles. The minimum Gasteiger partial charge on any atom is -0.476 e. The average Bonchev–Trinajstić information content (AvgIpc) is 2.61. The number of rotatable bonds is 4. The second kappa shape index (κ2) is 6.90. The Bertz CT molecular complexity index is 636. The van der Waals surface area contributed by atoms with E-state index in [-0.39, 0.29) is 0 Å². The summed E-state index contributed by atoms with van der Waals surface area (Å²) in [5.74, 6) is 1.06. The molecule has 0 spiro atoms. The molecule has 1 aromatic carbocycles. The Hall–Kier alpha value is -2.61. The molecule has 5 heteroatoms. The Morgan fingerprint density at radius 1 is 1.27 bits per heavy atom. The van der Waals surface area contributed by atoms with Gasteiger partial charge in [-0.2, -0.15) is 5.26 Å². The van der Waals surface area contributed by atoms with Gasteiger partial charge in [-0.1, -0.05) is 0 Å². The molecular weight excluding hydrogens is 276 g/mol. The summed E-state index contributed by atoms with van der Waals surface area (Å²) in [7, 11) is 0. The molecule has 5 nitrogen and oxygen atoms in total. The van der Waals surface area contributed by atoms with Crippen LogP contribution in [0.4, 0.5) is 5.69 Å². The van der Waals surface area contributed by atoms with Crippen molar-refractivity contribution in [2.75, 3.05) is 24.6 Å². The SMILES string of the molecule is N#Cc1ccc(N2CCCC(COc3cnccn3)C2)cc1. The molecule has 1 aliphatic heterocycles. The van der Waals surface area contributed by atoms with E-state index in [4.69, 9.17) is 10.00 Å². The quantitative estimate of drug-likeness (QED) is 0.867. The van der Waals surface area contributed by atoms with Gasteiger partial charge < -0.3 is 9.64 Å². The zero-order valence-electron chi connectivity index (χ0n) is 12.4. The highest BCUT2D eigenvalue weighted by molar-refractivity contribution is 5.50. The Morgan fingerprint density at radius 2 is 2.14 bits per heavy atom. The topological polar surface area (TPSA) is 62.0 Å². The molecule has 1 saturated heterocycles. The molecule has 3 rings (SSSR count). The minimum atomic E-state index is 0.478. The van der Waals surface area contributed by atoms with Crippen molar-refractivity contribution in [2.24, 2.45) is 5.92 Å². The second-order valence-corrected chi connectivity index (χ2v) is 5.47. The van der Waals surface area contributed by atoms with E-state index >= 15 is 0 Å². The zero-order valence-corrected chi connectivity index (χ0v) is 12.4. The number of benzene rings is 1. The van der Waals surface area contributed by atoms with Gasteiger partial charge in [0.25, 0.3) is 0 Å². The molecule has 1 aliphatic rings. The number of anilines is 1. The Morgan fingerprint density at radius 3 is 2.86 bits per heavy atom. The zero-order chi connectivity index (χ0) is 15.2. The molecule has 0 amide bonds. The third kappa shape index (κ3) is 3.53. The molecule has 2 aromatic rings. The molecule has 0 N–H and O–H groups in total. The molecule has 2 heterocycles. The highest BCUT2D eigenvalue weighted by Gasteiger charge is 2.21. The summed E-state index contributed by atoms with van der Waals surface area (Å²) >= 11 is 0. The van der Waals surface area contributed by atoms with E-state index in [1.54, 1.807) is 18.6 Å². The lowest BCUT2D eigenvalue weighted by Gasteiger charge is -2.34. The van der Waals surface area contributed by atoms with Gasteiger partial charge in [-0.15, -0.1) is 0 Å². The van der Waals surface area contributed by atoms with Crippen LogP contribution in [0.3, 0.4) is 0 Å². The van der Waals surface area contributed by atoms with E-state index in [1.165, 1.54) is 5.69 Å². The van der Waals surface area contributed by atoms with E-state index in [1.807, 2.05) is 24.3 Å². The van der Waals surface area contributed by atoms with Crippen LogP contribution in [0.1, 0.15) is 18.4 Å². The van der Waals surface area contributed by atoms with Gasteiger partial charge in [0.15, 0.2) is 0 Å². The molecule has 0 bridgehead atoms. The van der Waals surface area contributed by atoms with Crippen molar-refractivity contribution >= 4 is 5.69 Å². The van der Waals surface area contributed by atoms with E-state index in [2.05, 4.69) is 20.9 Å². The molecule has 1 atom stereocenters. The van der Waals surface area contributed by atoms with E-state index < -0.39 is 0 Å². The molecule has 1 aromatic heterocycles. The number of piperidine rings is 1. The van der Waals surface area contributed by atoms with Crippen LogP contribution in [0.2, 0.25) is 0 Å². The molecule has 22 heavy (non-hydrogen) atoms. The lowest BCUT2D eigenvalue weighted by molar-refractivity contribution is 0.221. The summed E-state index contributed by atoms with van der Waals surface area (Å²) in [5, 5.41) is 8.87. The number of hydrogen-bond acceptors (Lipinski definition) is 5. The maximum atomic E-state index is 8.87. The monoisotopic (exact) mass is 294 g/mol. The fourth-order valence-corrected chi connectivity index (χ4v) is 2.75. The summed E-state index contributed by atoms with van der Waals surface area (Å²) < 4.78 is 5.72. The molecule has 112 valence electrons. The average molecular weight is 294 g/mol.